The first kappa shape index (κ1) is 38.9. The molecule has 4 aliphatic rings. The molecule has 1 amide bonds. The number of aliphatic hydroxyl groups is 2. The molecule has 14 heteroatoms. The molecule has 4 saturated heterocycles. The Hall–Kier alpha value is -1.91. The van der Waals surface area contributed by atoms with Crippen LogP contribution in [-0.2, 0) is 33.3 Å². The summed E-state index contributed by atoms with van der Waals surface area (Å²) in [6, 6.07) is -1.04. The van der Waals surface area contributed by atoms with Gasteiger partial charge >= 0.3 is 12.1 Å². The van der Waals surface area contributed by atoms with Crippen LogP contribution in [0, 0.1) is 17.8 Å². The highest BCUT2D eigenvalue weighted by atomic mass is 16.7. The molecule has 276 valence electrons. The van der Waals surface area contributed by atoms with Gasteiger partial charge in [-0.15, -0.1) is 0 Å². The number of nitrogens with zero attached hydrogens (tertiary/aromatic N) is 2. The van der Waals surface area contributed by atoms with Crippen LogP contribution in [-0.4, -0.2) is 151 Å². The van der Waals surface area contributed by atoms with E-state index in [9.17, 15) is 24.6 Å². The number of ether oxygens (including phenoxy) is 5. The molecule has 48 heavy (non-hydrogen) atoms. The Morgan fingerprint density at radius 2 is 1.75 bits per heavy atom. The van der Waals surface area contributed by atoms with Crippen LogP contribution in [0.3, 0.4) is 0 Å². The summed E-state index contributed by atoms with van der Waals surface area (Å²) in [7, 11) is 5.37. The van der Waals surface area contributed by atoms with Gasteiger partial charge in [0.05, 0.1) is 30.0 Å². The van der Waals surface area contributed by atoms with E-state index < -0.39 is 71.5 Å². The Morgan fingerprint density at radius 1 is 1.08 bits per heavy atom. The number of nitrogens with one attached hydrogen (secondary N) is 2. The number of carbonyl (C=O) groups excluding carboxylic acids is 3. The third kappa shape index (κ3) is 8.17. The van der Waals surface area contributed by atoms with Crippen molar-refractivity contribution in [1.82, 2.24) is 20.4 Å². The Bertz CT molecular complexity index is 1140. The number of hydrogen-bond donors (Lipinski definition) is 4. The van der Waals surface area contributed by atoms with Crippen molar-refractivity contribution < 1.29 is 48.3 Å². The molecule has 0 spiro atoms. The number of alkyl carbamates (subject to hydrolysis) is 1. The average molecular weight is 685 g/mol. The monoisotopic (exact) mass is 684 g/mol. The minimum Gasteiger partial charge on any atom is -0.458 e. The number of hydrogen-bond acceptors (Lipinski definition) is 13. The van der Waals surface area contributed by atoms with Crippen molar-refractivity contribution in [1.29, 1.82) is 0 Å². The smallest absolute Gasteiger partial charge is 0.408 e. The Labute approximate surface area is 285 Å². The van der Waals surface area contributed by atoms with Gasteiger partial charge in [0, 0.05) is 44.7 Å². The first-order chi connectivity index (χ1) is 22.4. The van der Waals surface area contributed by atoms with E-state index in [1.54, 1.807) is 21.0 Å². The maximum absolute atomic E-state index is 14.2. The summed E-state index contributed by atoms with van der Waals surface area (Å²) in [5.41, 5.74) is -2.21. The third-order valence-electron chi connectivity index (χ3n) is 11.1. The number of likely N-dealkylation sites (N-methyl/N-ethyl adjacent to an activating group) is 1. The van der Waals surface area contributed by atoms with Gasteiger partial charge in [-0.25, -0.2) is 4.79 Å². The summed E-state index contributed by atoms with van der Waals surface area (Å²) < 4.78 is 31.0. The van der Waals surface area contributed by atoms with Crippen LogP contribution in [0.5, 0.6) is 0 Å². The summed E-state index contributed by atoms with van der Waals surface area (Å²) in [6.07, 6.45) is -3.66. The number of esters is 1. The zero-order valence-electron chi connectivity index (χ0n) is 30.4. The van der Waals surface area contributed by atoms with E-state index in [0.29, 0.717) is 45.4 Å². The quantitative estimate of drug-likeness (QED) is 0.221. The van der Waals surface area contributed by atoms with E-state index in [1.807, 2.05) is 39.8 Å². The Kier molecular flexibility index (Phi) is 12.6. The zero-order chi connectivity index (χ0) is 35.7. The molecule has 4 heterocycles. The van der Waals surface area contributed by atoms with Gasteiger partial charge in [0.1, 0.15) is 18.1 Å². The minimum absolute atomic E-state index is 0.00907. The molecule has 4 N–H and O–H groups in total. The highest BCUT2D eigenvalue weighted by molar-refractivity contribution is 6.00. The van der Waals surface area contributed by atoms with Crippen LogP contribution in [0.25, 0.3) is 0 Å². The van der Waals surface area contributed by atoms with Crippen molar-refractivity contribution in [2.75, 3.05) is 47.4 Å². The van der Waals surface area contributed by atoms with E-state index in [2.05, 4.69) is 22.5 Å². The lowest BCUT2D eigenvalue weighted by molar-refractivity contribution is -0.300. The fourth-order valence-corrected chi connectivity index (χ4v) is 8.12. The lowest BCUT2D eigenvalue weighted by Gasteiger charge is -2.48. The number of β-amino-alcohol motifs (C(OH)–C–C–N with tert-alkyl or cyclic N) is 1. The van der Waals surface area contributed by atoms with Crippen LogP contribution in [0.4, 0.5) is 4.79 Å². The molecular formula is C34H60N4O10. The molecule has 4 aliphatic heterocycles. The summed E-state index contributed by atoms with van der Waals surface area (Å²) in [5.74, 6) is -3.14. The normalized spacial score (nSPS) is 44.2. The predicted molar refractivity (Wildman–Crippen MR) is 176 cm³/mol. The second-order valence-corrected chi connectivity index (χ2v) is 15.3. The number of ketones is 1. The lowest BCUT2D eigenvalue weighted by atomic mass is 9.78. The van der Waals surface area contributed by atoms with E-state index in [4.69, 9.17) is 23.7 Å². The van der Waals surface area contributed by atoms with Gasteiger partial charge in [-0.1, -0.05) is 20.8 Å². The summed E-state index contributed by atoms with van der Waals surface area (Å²) in [5, 5.41) is 27.8. The molecule has 13 atom stereocenters. The standard InChI is InChI=1S/C34H60N4O10/c1-11-25-34(7)28(36-32(43)48-34)21(5)35-14-18(2)13-33(6,44-10)29(19(3)26(40)20(4)30(42)46-25)47-31-27(41)24(37(8)9)12-23(45-31)17-38-15-22(39)16-38/h18-25,27-29,31,35,39,41H,11-17H2,1-10H3,(H,36,43)/t18-,19+,20?,21-,23?,24?,25-,27?,28-,29-,31?,33-,34-/m1/s1. The van der Waals surface area contributed by atoms with Crippen molar-refractivity contribution in [3.63, 3.8) is 0 Å². The van der Waals surface area contributed by atoms with Crippen LogP contribution < -0.4 is 10.6 Å². The van der Waals surface area contributed by atoms with E-state index in [0.717, 1.165) is 0 Å². The molecule has 0 saturated carbocycles. The predicted octanol–water partition coefficient (Wildman–Crippen LogP) is 0.907. The fourth-order valence-electron chi connectivity index (χ4n) is 8.12. The number of rotatable bonds is 7. The van der Waals surface area contributed by atoms with Gasteiger partial charge in [0.15, 0.2) is 17.7 Å². The highest BCUT2D eigenvalue weighted by Gasteiger charge is 2.55. The SMILES string of the molecule is CC[C@H]1OC(=O)C(C)C(=O)[C@H](C)[C@@H](OC2OC(CN3CC(O)C3)CC(N(C)C)C2O)[C@](C)(OC)C[C@@H](C)CN[C@H](C)[C@H]2NC(=O)O[C@@]21C. The largest absolute Gasteiger partial charge is 0.458 e. The van der Waals surface area contributed by atoms with Crippen LogP contribution in [0.1, 0.15) is 67.7 Å². The van der Waals surface area contributed by atoms with Gasteiger partial charge < -0.3 is 49.4 Å². The first-order valence-electron chi connectivity index (χ1n) is 17.5. The molecule has 14 nitrogen and oxygen atoms in total. The van der Waals surface area contributed by atoms with Gasteiger partial charge in [-0.2, -0.15) is 0 Å². The number of amides is 1. The molecule has 0 aromatic carbocycles. The van der Waals surface area contributed by atoms with Crippen molar-refractivity contribution in [2.45, 2.75) is 134 Å². The van der Waals surface area contributed by atoms with Crippen molar-refractivity contribution in [3.05, 3.63) is 0 Å². The Morgan fingerprint density at radius 3 is 2.33 bits per heavy atom. The second-order valence-electron chi connectivity index (χ2n) is 15.3. The Balaban J connectivity index is 1.67. The number of aliphatic hydroxyl groups excluding tert-OH is 2. The molecule has 5 unspecified atom stereocenters. The van der Waals surface area contributed by atoms with Crippen molar-refractivity contribution >= 4 is 17.8 Å². The van der Waals surface area contributed by atoms with Gasteiger partial charge in [-0.3, -0.25) is 14.5 Å². The molecule has 0 bridgehead atoms. The number of methoxy groups -OCH3 is 1. The second kappa shape index (κ2) is 15.5. The molecule has 0 aromatic heterocycles. The van der Waals surface area contributed by atoms with Crippen molar-refractivity contribution in [3.8, 4) is 0 Å². The van der Waals surface area contributed by atoms with Gasteiger partial charge in [0.25, 0.3) is 0 Å². The first-order valence-corrected chi connectivity index (χ1v) is 17.5. The molecule has 4 fully saturated rings. The molecule has 0 radical (unpaired) electrons. The average Bonchev–Trinajstić information content (AvgIpc) is 3.34. The molecule has 0 aliphatic carbocycles. The van der Waals surface area contributed by atoms with Crippen LogP contribution in [0.2, 0.25) is 0 Å². The number of cyclic esters (lactones) is 1. The topological polar surface area (TPSA) is 168 Å². The molecule has 0 aromatic rings. The van der Waals surface area contributed by atoms with Crippen molar-refractivity contribution in [2.24, 2.45) is 17.8 Å². The number of fused-ring (bicyclic) bond motifs is 1. The number of carbonyl (C=O) groups is 3. The third-order valence-corrected chi connectivity index (χ3v) is 11.1. The molecular weight excluding hydrogens is 624 g/mol. The van der Waals surface area contributed by atoms with Crippen LogP contribution in [0.15, 0.2) is 0 Å². The summed E-state index contributed by atoms with van der Waals surface area (Å²) in [4.78, 5) is 44.4. The zero-order valence-corrected chi connectivity index (χ0v) is 30.4. The minimum atomic E-state index is -1.17. The van der Waals surface area contributed by atoms with Gasteiger partial charge in [-0.05, 0) is 73.5 Å². The molecule has 4 rings (SSSR count). The van der Waals surface area contributed by atoms with E-state index >= 15 is 0 Å². The van der Waals surface area contributed by atoms with Gasteiger partial charge in [0.2, 0.25) is 0 Å². The maximum atomic E-state index is 14.2. The van der Waals surface area contributed by atoms with E-state index in [-0.39, 0.29) is 30.2 Å². The fraction of sp³-hybridized carbons (Fsp3) is 0.912. The van der Waals surface area contributed by atoms with Crippen LogP contribution >= 0.6 is 0 Å². The van der Waals surface area contributed by atoms with E-state index in [1.165, 1.54) is 6.92 Å². The number of likely N-dealkylation sites (tertiary alicyclic amines) is 1. The summed E-state index contributed by atoms with van der Waals surface area (Å²) >= 11 is 0. The number of Topliss-reactive ketones (excluding diaryl/α,β-unsaturated/α-hetero) is 1. The summed E-state index contributed by atoms with van der Waals surface area (Å²) in [6.45, 7) is 15.0. The lowest BCUT2D eigenvalue weighted by Crippen LogP contribution is -2.61. The highest BCUT2D eigenvalue weighted by Crippen LogP contribution is 2.38. The maximum Gasteiger partial charge on any atom is 0.408 e.